The zero-order valence-corrected chi connectivity index (χ0v) is 12.3. The van der Waals surface area contributed by atoms with E-state index in [-0.39, 0.29) is 0 Å². The summed E-state index contributed by atoms with van der Waals surface area (Å²) in [6.07, 6.45) is 2.25. The summed E-state index contributed by atoms with van der Waals surface area (Å²) in [4.78, 5) is 18.2. The summed E-state index contributed by atoms with van der Waals surface area (Å²) in [5, 5.41) is 9.58. The van der Waals surface area contributed by atoms with Crippen molar-refractivity contribution in [3.63, 3.8) is 0 Å². The Morgan fingerprint density at radius 1 is 1.55 bits per heavy atom. The summed E-state index contributed by atoms with van der Waals surface area (Å²) in [5.74, 6) is 0.0428. The fourth-order valence-corrected chi connectivity index (χ4v) is 3.06. The molecule has 1 aromatic heterocycles. The molecule has 0 spiro atoms. The van der Waals surface area contributed by atoms with Gasteiger partial charge < -0.3 is 9.84 Å². The lowest BCUT2D eigenvalue weighted by Crippen LogP contribution is -2.49. The minimum Gasteiger partial charge on any atom is -0.497 e. The molecule has 20 heavy (non-hydrogen) atoms. The molecule has 1 N–H and O–H groups in total. The van der Waals surface area contributed by atoms with Gasteiger partial charge in [0, 0.05) is 24.4 Å². The minimum atomic E-state index is -0.737. The van der Waals surface area contributed by atoms with Crippen molar-refractivity contribution < 1.29 is 14.6 Å². The van der Waals surface area contributed by atoms with E-state index in [4.69, 9.17) is 4.74 Å². The van der Waals surface area contributed by atoms with Crippen LogP contribution in [-0.4, -0.2) is 40.2 Å². The maximum Gasteiger partial charge on any atom is 0.324 e. The Labute approximate surface area is 119 Å². The van der Waals surface area contributed by atoms with Crippen LogP contribution in [0.2, 0.25) is 0 Å². The fourth-order valence-electron chi connectivity index (χ4n) is 3.06. The predicted octanol–water partition coefficient (Wildman–Crippen LogP) is 2.23. The average molecular weight is 278 g/mol. The van der Waals surface area contributed by atoms with E-state index < -0.39 is 11.5 Å². The van der Waals surface area contributed by atoms with E-state index in [9.17, 15) is 9.90 Å². The first-order chi connectivity index (χ1) is 9.51. The van der Waals surface area contributed by atoms with Gasteiger partial charge in [-0.05, 0) is 32.7 Å². The molecule has 0 amide bonds. The van der Waals surface area contributed by atoms with E-state index in [0.717, 1.165) is 30.1 Å². The number of aromatic nitrogens is 1. The summed E-state index contributed by atoms with van der Waals surface area (Å²) in [6, 6.07) is 3.76. The quantitative estimate of drug-likeness (QED) is 0.895. The van der Waals surface area contributed by atoms with Crippen molar-refractivity contribution in [1.29, 1.82) is 0 Å². The lowest BCUT2D eigenvalue weighted by atomic mass is 9.93. The van der Waals surface area contributed by atoms with E-state index >= 15 is 0 Å². The van der Waals surface area contributed by atoms with Crippen LogP contribution in [0, 0.1) is 6.92 Å². The van der Waals surface area contributed by atoms with Crippen molar-refractivity contribution in [2.45, 2.75) is 45.2 Å². The molecule has 1 unspecified atom stereocenters. The fraction of sp³-hybridized carbons (Fsp3) is 0.600. The lowest BCUT2D eigenvalue weighted by molar-refractivity contribution is -0.150. The van der Waals surface area contributed by atoms with Gasteiger partial charge in [0.1, 0.15) is 11.3 Å². The first-order valence-electron chi connectivity index (χ1n) is 7.02. The normalized spacial score (nSPS) is 22.9. The molecule has 1 saturated heterocycles. The Balaban J connectivity index is 2.24. The number of nitrogens with zero attached hydrogens (tertiary/aromatic N) is 2. The van der Waals surface area contributed by atoms with Crippen molar-refractivity contribution in [3.8, 4) is 5.75 Å². The Hall–Kier alpha value is -1.62. The second kappa shape index (κ2) is 5.79. The van der Waals surface area contributed by atoms with E-state index in [1.165, 1.54) is 0 Å². The smallest absolute Gasteiger partial charge is 0.324 e. The van der Waals surface area contributed by atoms with Gasteiger partial charge >= 0.3 is 5.97 Å². The number of ether oxygens (including phenoxy) is 1. The number of aliphatic carboxylic acids is 1. The molecule has 0 saturated carbocycles. The summed E-state index contributed by atoms with van der Waals surface area (Å²) in [6.45, 7) is 5.22. The van der Waals surface area contributed by atoms with Crippen molar-refractivity contribution in [2.75, 3.05) is 13.7 Å². The maximum atomic E-state index is 11.7. The minimum absolute atomic E-state index is 0.554. The summed E-state index contributed by atoms with van der Waals surface area (Å²) in [7, 11) is 1.63. The molecule has 110 valence electrons. The van der Waals surface area contributed by atoms with E-state index in [0.29, 0.717) is 19.4 Å². The number of carbonyl (C=O) groups is 1. The number of hydrogen-bond donors (Lipinski definition) is 1. The molecule has 2 rings (SSSR count). The first kappa shape index (κ1) is 14.8. The van der Waals surface area contributed by atoms with Gasteiger partial charge in [-0.25, -0.2) is 0 Å². The zero-order valence-electron chi connectivity index (χ0n) is 12.3. The topological polar surface area (TPSA) is 62.7 Å². The average Bonchev–Trinajstić information content (AvgIpc) is 2.82. The second-order valence-corrected chi connectivity index (χ2v) is 5.36. The van der Waals surface area contributed by atoms with Crippen LogP contribution in [0.3, 0.4) is 0 Å². The van der Waals surface area contributed by atoms with Crippen molar-refractivity contribution >= 4 is 5.97 Å². The van der Waals surface area contributed by atoms with Gasteiger partial charge in [0.15, 0.2) is 0 Å². The van der Waals surface area contributed by atoms with Crippen LogP contribution in [-0.2, 0) is 11.3 Å². The van der Waals surface area contributed by atoms with Crippen molar-refractivity contribution in [2.24, 2.45) is 0 Å². The number of hydrogen-bond acceptors (Lipinski definition) is 4. The Bertz CT molecular complexity index is 504. The third kappa shape index (κ3) is 2.63. The second-order valence-electron chi connectivity index (χ2n) is 5.36. The van der Waals surface area contributed by atoms with Crippen LogP contribution >= 0.6 is 0 Å². The number of carboxylic acids is 1. The number of rotatable bonds is 5. The van der Waals surface area contributed by atoms with Crippen LogP contribution in [0.5, 0.6) is 5.75 Å². The number of aryl methyl sites for hydroxylation is 1. The van der Waals surface area contributed by atoms with Gasteiger partial charge in [0.05, 0.1) is 12.8 Å². The standard InChI is InChI=1S/C15H22N2O3/c1-4-15(14(18)19)6-5-7-17(15)10-12-9-13(20-3)8-11(2)16-12/h8-9H,4-7,10H2,1-3H3,(H,18,19). The van der Waals surface area contributed by atoms with Crippen LogP contribution in [0.4, 0.5) is 0 Å². The van der Waals surface area contributed by atoms with Crippen molar-refractivity contribution in [3.05, 3.63) is 23.5 Å². The lowest BCUT2D eigenvalue weighted by Gasteiger charge is -2.33. The number of methoxy groups -OCH3 is 1. The molecule has 1 aliphatic heterocycles. The van der Waals surface area contributed by atoms with Gasteiger partial charge in [-0.2, -0.15) is 0 Å². The molecular formula is C15H22N2O3. The summed E-state index contributed by atoms with van der Waals surface area (Å²) >= 11 is 0. The Morgan fingerprint density at radius 3 is 2.90 bits per heavy atom. The third-order valence-corrected chi connectivity index (χ3v) is 4.18. The van der Waals surface area contributed by atoms with Gasteiger partial charge in [0.2, 0.25) is 0 Å². The molecular weight excluding hydrogens is 256 g/mol. The van der Waals surface area contributed by atoms with E-state index in [1.54, 1.807) is 7.11 Å². The van der Waals surface area contributed by atoms with Crippen molar-refractivity contribution in [1.82, 2.24) is 9.88 Å². The molecule has 5 nitrogen and oxygen atoms in total. The largest absolute Gasteiger partial charge is 0.497 e. The van der Waals surface area contributed by atoms with Crippen LogP contribution in [0.15, 0.2) is 12.1 Å². The maximum absolute atomic E-state index is 11.7. The highest BCUT2D eigenvalue weighted by molar-refractivity contribution is 5.79. The zero-order chi connectivity index (χ0) is 14.8. The Morgan fingerprint density at radius 2 is 2.30 bits per heavy atom. The highest BCUT2D eigenvalue weighted by atomic mass is 16.5. The SMILES string of the molecule is CCC1(C(=O)O)CCCN1Cc1cc(OC)cc(C)n1. The number of carboxylic acid groups (broad SMARTS) is 1. The number of likely N-dealkylation sites (tertiary alicyclic amines) is 1. The molecule has 1 aromatic rings. The molecule has 1 atom stereocenters. The summed E-state index contributed by atoms with van der Waals surface area (Å²) < 4.78 is 5.25. The number of pyridine rings is 1. The summed E-state index contributed by atoms with van der Waals surface area (Å²) in [5.41, 5.74) is 1.01. The highest BCUT2D eigenvalue weighted by Crippen LogP contribution is 2.34. The first-order valence-corrected chi connectivity index (χ1v) is 7.02. The van der Waals surface area contributed by atoms with Gasteiger partial charge in [0.25, 0.3) is 0 Å². The predicted molar refractivity (Wildman–Crippen MR) is 75.8 cm³/mol. The van der Waals surface area contributed by atoms with Crippen LogP contribution < -0.4 is 4.74 Å². The molecule has 0 bridgehead atoms. The molecule has 2 heterocycles. The molecule has 5 heteroatoms. The van der Waals surface area contributed by atoms with Gasteiger partial charge in [-0.1, -0.05) is 6.92 Å². The van der Waals surface area contributed by atoms with Crippen LogP contribution in [0.1, 0.15) is 37.6 Å². The van der Waals surface area contributed by atoms with Gasteiger partial charge in [-0.3, -0.25) is 14.7 Å². The molecule has 0 radical (unpaired) electrons. The Kier molecular flexibility index (Phi) is 4.28. The van der Waals surface area contributed by atoms with Crippen LogP contribution in [0.25, 0.3) is 0 Å². The highest BCUT2D eigenvalue weighted by Gasteiger charge is 2.46. The molecule has 0 aromatic carbocycles. The third-order valence-electron chi connectivity index (χ3n) is 4.18. The molecule has 1 fully saturated rings. The molecule has 0 aliphatic carbocycles. The monoisotopic (exact) mass is 278 g/mol. The van der Waals surface area contributed by atoms with Gasteiger partial charge in [-0.15, -0.1) is 0 Å². The van der Waals surface area contributed by atoms with E-state index in [1.807, 2.05) is 30.9 Å². The molecule has 1 aliphatic rings. The van der Waals surface area contributed by atoms with E-state index in [2.05, 4.69) is 4.98 Å².